The van der Waals surface area contributed by atoms with E-state index in [1.165, 1.54) is 11.3 Å². The van der Waals surface area contributed by atoms with E-state index in [0.717, 1.165) is 27.0 Å². The lowest BCUT2D eigenvalue weighted by molar-refractivity contribution is 0.979. The second-order valence-electron chi connectivity index (χ2n) is 3.50. The van der Waals surface area contributed by atoms with E-state index in [1.807, 2.05) is 19.9 Å². The van der Waals surface area contributed by atoms with Crippen LogP contribution in [-0.4, -0.2) is 9.97 Å². The van der Waals surface area contributed by atoms with Crippen molar-refractivity contribution in [2.24, 2.45) is 0 Å². The zero-order valence-electron chi connectivity index (χ0n) is 9.22. The number of aryl methyl sites for hydroxylation is 1. The summed E-state index contributed by atoms with van der Waals surface area (Å²) < 4.78 is 1.55. The number of halogens is 3. The number of aromatic nitrogens is 2. The summed E-state index contributed by atoms with van der Waals surface area (Å²) in [6, 6.07) is 1.91. The molecule has 0 bridgehead atoms. The van der Waals surface area contributed by atoms with Gasteiger partial charge in [-0.1, -0.05) is 30.1 Å². The van der Waals surface area contributed by atoms with E-state index in [9.17, 15) is 0 Å². The number of hydrogen-bond donors (Lipinski definition) is 0. The van der Waals surface area contributed by atoms with E-state index in [2.05, 4.69) is 25.9 Å². The van der Waals surface area contributed by atoms with E-state index in [0.29, 0.717) is 15.3 Å². The fourth-order valence-corrected chi connectivity index (χ4v) is 3.27. The van der Waals surface area contributed by atoms with Crippen LogP contribution in [0.5, 0.6) is 0 Å². The Morgan fingerprint density at radius 3 is 2.59 bits per heavy atom. The molecular weight excluding hydrogens is 343 g/mol. The molecule has 2 nitrogen and oxygen atoms in total. The van der Waals surface area contributed by atoms with Crippen molar-refractivity contribution in [3.63, 3.8) is 0 Å². The first kappa shape index (κ1) is 13.3. The van der Waals surface area contributed by atoms with Gasteiger partial charge in [-0.2, -0.15) is 0 Å². The predicted octanol–water partition coefficient (Wildman–Crippen LogP) is 5.15. The van der Waals surface area contributed by atoms with Gasteiger partial charge in [0.2, 0.25) is 0 Å². The molecule has 90 valence electrons. The fourth-order valence-electron chi connectivity index (χ4n) is 1.44. The Balaban J connectivity index is 2.56. The second-order valence-corrected chi connectivity index (χ2v) is 6.36. The molecule has 6 heteroatoms. The largest absolute Gasteiger partial charge is 0.232 e. The Kier molecular flexibility index (Phi) is 4.08. The molecule has 2 aromatic rings. The maximum absolute atomic E-state index is 6.10. The summed E-state index contributed by atoms with van der Waals surface area (Å²) >= 11 is 16.9. The van der Waals surface area contributed by atoms with E-state index in [-0.39, 0.29) is 0 Å². The lowest BCUT2D eigenvalue weighted by Gasteiger charge is -2.05. The van der Waals surface area contributed by atoms with Crippen LogP contribution in [-0.2, 0) is 6.42 Å². The molecule has 0 unspecified atom stereocenters. The van der Waals surface area contributed by atoms with Crippen molar-refractivity contribution in [1.82, 2.24) is 9.97 Å². The van der Waals surface area contributed by atoms with Gasteiger partial charge in [0, 0.05) is 15.7 Å². The third-order valence-electron chi connectivity index (χ3n) is 2.39. The van der Waals surface area contributed by atoms with Crippen LogP contribution < -0.4 is 0 Å². The van der Waals surface area contributed by atoms with Crippen molar-refractivity contribution >= 4 is 50.5 Å². The summed E-state index contributed by atoms with van der Waals surface area (Å²) in [6.07, 6.45) is 0.835. The monoisotopic (exact) mass is 350 g/mol. The zero-order chi connectivity index (χ0) is 12.6. The molecule has 0 radical (unpaired) electrons. The lowest BCUT2D eigenvalue weighted by atomic mass is 10.2. The van der Waals surface area contributed by atoms with Crippen LogP contribution in [0, 0.1) is 6.92 Å². The third-order valence-corrected chi connectivity index (χ3v) is 5.23. The van der Waals surface area contributed by atoms with Crippen molar-refractivity contribution < 1.29 is 0 Å². The second kappa shape index (κ2) is 5.22. The van der Waals surface area contributed by atoms with Crippen LogP contribution in [0.2, 0.25) is 9.49 Å². The van der Waals surface area contributed by atoms with Crippen LogP contribution in [0.15, 0.2) is 10.5 Å². The maximum Gasteiger partial charge on any atom is 0.171 e. The Hall–Kier alpha value is -0.160. The highest BCUT2D eigenvalue weighted by Gasteiger charge is 2.13. The molecule has 0 atom stereocenters. The van der Waals surface area contributed by atoms with Crippen LogP contribution in [0.25, 0.3) is 10.7 Å². The van der Waals surface area contributed by atoms with Gasteiger partial charge in [-0.25, -0.2) is 9.97 Å². The molecule has 2 rings (SSSR count). The standard InChI is InChI=1S/C11H9BrCl2N2S/c1-3-7-5(2)9(13)16-11(15-7)8-4-6(12)10(14)17-8/h4H,3H2,1-2H3. The summed E-state index contributed by atoms with van der Waals surface area (Å²) in [4.78, 5) is 9.72. The average molecular weight is 352 g/mol. The summed E-state index contributed by atoms with van der Waals surface area (Å²) in [7, 11) is 0. The minimum atomic E-state index is 0.507. The zero-order valence-corrected chi connectivity index (χ0v) is 13.1. The minimum Gasteiger partial charge on any atom is -0.232 e. The third kappa shape index (κ3) is 2.65. The topological polar surface area (TPSA) is 25.8 Å². The summed E-state index contributed by atoms with van der Waals surface area (Å²) in [5.74, 6) is 0.634. The molecule has 2 aromatic heterocycles. The predicted molar refractivity (Wildman–Crippen MR) is 77.2 cm³/mol. The molecule has 2 heterocycles. The average Bonchev–Trinajstić information content (AvgIpc) is 2.63. The Morgan fingerprint density at radius 2 is 2.06 bits per heavy atom. The van der Waals surface area contributed by atoms with Gasteiger partial charge in [0.05, 0.1) is 4.88 Å². The van der Waals surface area contributed by atoms with Crippen LogP contribution in [0.3, 0.4) is 0 Å². The summed E-state index contributed by atoms with van der Waals surface area (Å²) in [5, 5.41) is 0.507. The lowest BCUT2D eigenvalue weighted by Crippen LogP contribution is -1.98. The van der Waals surface area contributed by atoms with Crippen molar-refractivity contribution in [3.05, 3.63) is 31.3 Å². The molecule has 0 N–H and O–H groups in total. The quantitative estimate of drug-likeness (QED) is 0.699. The normalized spacial score (nSPS) is 10.9. The van der Waals surface area contributed by atoms with Crippen molar-refractivity contribution in [2.75, 3.05) is 0 Å². The van der Waals surface area contributed by atoms with Gasteiger partial charge in [-0.3, -0.25) is 0 Å². The highest BCUT2D eigenvalue weighted by atomic mass is 79.9. The Labute approximate surface area is 122 Å². The SMILES string of the molecule is CCc1nc(-c2cc(Br)c(Cl)s2)nc(Cl)c1C. The molecule has 17 heavy (non-hydrogen) atoms. The van der Waals surface area contributed by atoms with E-state index in [4.69, 9.17) is 23.2 Å². The maximum atomic E-state index is 6.10. The Bertz CT molecular complexity index is 549. The number of hydrogen-bond acceptors (Lipinski definition) is 3. The van der Waals surface area contributed by atoms with Gasteiger partial charge in [0.25, 0.3) is 0 Å². The van der Waals surface area contributed by atoms with E-state index in [1.54, 1.807) is 0 Å². The van der Waals surface area contributed by atoms with Gasteiger partial charge in [-0.05, 0) is 35.3 Å². The first-order chi connectivity index (χ1) is 8.02. The molecular formula is C11H9BrCl2N2S. The van der Waals surface area contributed by atoms with Gasteiger partial charge in [0.1, 0.15) is 9.49 Å². The molecule has 0 spiro atoms. The summed E-state index contributed by atoms with van der Waals surface area (Å²) in [5.41, 5.74) is 1.92. The molecule has 0 amide bonds. The molecule has 0 aliphatic heterocycles. The van der Waals surface area contributed by atoms with Crippen LogP contribution in [0.1, 0.15) is 18.2 Å². The van der Waals surface area contributed by atoms with Crippen molar-refractivity contribution in [2.45, 2.75) is 20.3 Å². The van der Waals surface area contributed by atoms with Crippen molar-refractivity contribution in [3.8, 4) is 10.7 Å². The van der Waals surface area contributed by atoms with Gasteiger partial charge >= 0.3 is 0 Å². The molecule has 0 aliphatic carbocycles. The van der Waals surface area contributed by atoms with Crippen LogP contribution >= 0.6 is 50.5 Å². The molecule has 0 aromatic carbocycles. The highest BCUT2D eigenvalue weighted by molar-refractivity contribution is 9.10. The molecule has 0 fully saturated rings. The molecule has 0 aliphatic rings. The first-order valence-electron chi connectivity index (χ1n) is 5.01. The summed E-state index contributed by atoms with van der Waals surface area (Å²) in [6.45, 7) is 3.98. The highest BCUT2D eigenvalue weighted by Crippen LogP contribution is 2.37. The minimum absolute atomic E-state index is 0.507. The van der Waals surface area contributed by atoms with Crippen LogP contribution in [0.4, 0.5) is 0 Å². The van der Waals surface area contributed by atoms with E-state index < -0.39 is 0 Å². The molecule has 0 saturated carbocycles. The smallest absolute Gasteiger partial charge is 0.171 e. The Morgan fingerprint density at radius 1 is 1.35 bits per heavy atom. The van der Waals surface area contributed by atoms with Gasteiger partial charge < -0.3 is 0 Å². The first-order valence-corrected chi connectivity index (χ1v) is 7.37. The number of thiophene rings is 1. The van der Waals surface area contributed by atoms with E-state index >= 15 is 0 Å². The van der Waals surface area contributed by atoms with Gasteiger partial charge in [0.15, 0.2) is 5.82 Å². The number of rotatable bonds is 2. The van der Waals surface area contributed by atoms with Gasteiger partial charge in [-0.15, -0.1) is 11.3 Å². The molecule has 0 saturated heterocycles. The number of nitrogens with zero attached hydrogens (tertiary/aromatic N) is 2. The van der Waals surface area contributed by atoms with Crippen molar-refractivity contribution in [1.29, 1.82) is 0 Å². The fraction of sp³-hybridized carbons (Fsp3) is 0.273.